The van der Waals surface area contributed by atoms with Gasteiger partial charge < -0.3 is 10.4 Å². The van der Waals surface area contributed by atoms with Gasteiger partial charge in [0, 0.05) is 25.4 Å². The van der Waals surface area contributed by atoms with E-state index in [-0.39, 0.29) is 0 Å². The average Bonchev–Trinajstić information content (AvgIpc) is 2.83. The number of nitrogens with one attached hydrogen (secondary N) is 1. The standard InChI is InChI=1S/C11H15N5OS/c1-16-7-8(5-13-16)9(17)6-12-10-3-4-11(18-2)15-14-10/h3-5,7,9,17H,6H2,1-2H3,(H,12,14). The molecule has 0 saturated carbocycles. The fourth-order valence-electron chi connectivity index (χ4n) is 1.45. The molecule has 0 spiro atoms. The first-order valence-corrected chi connectivity index (χ1v) is 6.69. The molecule has 2 aromatic heterocycles. The van der Waals surface area contributed by atoms with E-state index in [2.05, 4.69) is 20.6 Å². The summed E-state index contributed by atoms with van der Waals surface area (Å²) in [5, 5.41) is 25.9. The highest BCUT2D eigenvalue weighted by molar-refractivity contribution is 7.98. The minimum atomic E-state index is -0.610. The van der Waals surface area contributed by atoms with Crippen LogP contribution in [-0.4, -0.2) is 37.9 Å². The summed E-state index contributed by atoms with van der Waals surface area (Å²) in [5.41, 5.74) is 0.777. The molecule has 6 nitrogen and oxygen atoms in total. The van der Waals surface area contributed by atoms with Crippen LogP contribution in [0.5, 0.6) is 0 Å². The van der Waals surface area contributed by atoms with E-state index in [1.54, 1.807) is 17.1 Å². The molecule has 0 aromatic carbocycles. The second-order valence-corrected chi connectivity index (χ2v) is 4.63. The molecule has 1 atom stereocenters. The summed E-state index contributed by atoms with van der Waals surface area (Å²) in [6.45, 7) is 0.374. The van der Waals surface area contributed by atoms with Gasteiger partial charge in [-0.3, -0.25) is 4.68 Å². The van der Waals surface area contributed by atoms with Crippen LogP contribution in [0.1, 0.15) is 11.7 Å². The summed E-state index contributed by atoms with van der Waals surface area (Å²) < 4.78 is 1.66. The lowest BCUT2D eigenvalue weighted by atomic mass is 10.2. The third kappa shape index (κ3) is 3.21. The van der Waals surface area contributed by atoms with E-state index in [0.29, 0.717) is 12.4 Å². The first-order chi connectivity index (χ1) is 8.69. The molecule has 2 N–H and O–H groups in total. The maximum absolute atomic E-state index is 9.93. The molecule has 18 heavy (non-hydrogen) atoms. The molecule has 2 rings (SSSR count). The van der Waals surface area contributed by atoms with Crippen molar-refractivity contribution in [3.05, 3.63) is 30.1 Å². The van der Waals surface area contributed by atoms with Gasteiger partial charge in [0.2, 0.25) is 0 Å². The van der Waals surface area contributed by atoms with Gasteiger partial charge in [-0.2, -0.15) is 5.10 Å². The Kier molecular flexibility index (Phi) is 4.16. The van der Waals surface area contributed by atoms with E-state index in [9.17, 15) is 5.11 Å². The highest BCUT2D eigenvalue weighted by Gasteiger charge is 2.09. The predicted molar refractivity (Wildman–Crippen MR) is 70.5 cm³/mol. The van der Waals surface area contributed by atoms with Gasteiger partial charge in [0.1, 0.15) is 10.8 Å². The number of anilines is 1. The lowest BCUT2D eigenvalue weighted by Gasteiger charge is -2.10. The van der Waals surface area contributed by atoms with Crippen LogP contribution in [0.15, 0.2) is 29.6 Å². The first-order valence-electron chi connectivity index (χ1n) is 5.47. The molecule has 0 aliphatic heterocycles. The average molecular weight is 265 g/mol. The van der Waals surface area contributed by atoms with Crippen LogP contribution in [0, 0.1) is 0 Å². The Bertz CT molecular complexity index is 498. The fraction of sp³-hybridized carbons (Fsp3) is 0.364. The Labute approximate surface area is 109 Å². The van der Waals surface area contributed by atoms with E-state index < -0.39 is 6.10 Å². The third-order valence-corrected chi connectivity index (χ3v) is 3.07. The van der Waals surface area contributed by atoms with E-state index in [1.807, 2.05) is 25.4 Å². The van der Waals surface area contributed by atoms with Crippen molar-refractivity contribution in [2.45, 2.75) is 11.1 Å². The first kappa shape index (κ1) is 12.8. The van der Waals surface area contributed by atoms with Gasteiger partial charge in [-0.15, -0.1) is 22.0 Å². The predicted octanol–water partition coefficient (Wildman–Crippen LogP) is 1.08. The van der Waals surface area contributed by atoms with Gasteiger partial charge >= 0.3 is 0 Å². The summed E-state index contributed by atoms with van der Waals surface area (Å²) in [6.07, 6.45) is 4.77. The number of aliphatic hydroxyl groups is 1. The molecule has 0 fully saturated rings. The van der Waals surface area contributed by atoms with Crippen LogP contribution in [0.4, 0.5) is 5.82 Å². The van der Waals surface area contributed by atoms with Crippen molar-refractivity contribution in [3.8, 4) is 0 Å². The Morgan fingerprint density at radius 2 is 2.28 bits per heavy atom. The van der Waals surface area contributed by atoms with Gasteiger partial charge in [-0.1, -0.05) is 0 Å². The van der Waals surface area contributed by atoms with Gasteiger partial charge in [0.15, 0.2) is 0 Å². The van der Waals surface area contributed by atoms with E-state index in [1.165, 1.54) is 11.8 Å². The number of thioether (sulfide) groups is 1. The van der Waals surface area contributed by atoms with Gasteiger partial charge in [-0.05, 0) is 18.4 Å². The number of aliphatic hydroxyl groups excluding tert-OH is 1. The number of hydrogen-bond acceptors (Lipinski definition) is 6. The smallest absolute Gasteiger partial charge is 0.148 e. The van der Waals surface area contributed by atoms with Crippen LogP contribution < -0.4 is 5.32 Å². The summed E-state index contributed by atoms with van der Waals surface area (Å²) in [6, 6.07) is 3.73. The molecule has 0 saturated heterocycles. The maximum atomic E-state index is 9.93. The van der Waals surface area contributed by atoms with Gasteiger partial charge in [-0.25, -0.2) is 0 Å². The molecule has 2 heterocycles. The lowest BCUT2D eigenvalue weighted by Crippen LogP contribution is -2.12. The number of rotatable bonds is 5. The quantitative estimate of drug-likeness (QED) is 0.788. The van der Waals surface area contributed by atoms with Gasteiger partial charge in [0.05, 0.1) is 12.3 Å². The van der Waals surface area contributed by atoms with E-state index in [4.69, 9.17) is 0 Å². The number of nitrogens with zero attached hydrogens (tertiary/aromatic N) is 4. The van der Waals surface area contributed by atoms with Crippen molar-refractivity contribution < 1.29 is 5.11 Å². The Morgan fingerprint density at radius 3 is 2.83 bits per heavy atom. The second kappa shape index (κ2) is 5.83. The van der Waals surface area contributed by atoms with Crippen molar-refractivity contribution in [3.63, 3.8) is 0 Å². The zero-order valence-corrected chi connectivity index (χ0v) is 11.1. The van der Waals surface area contributed by atoms with E-state index in [0.717, 1.165) is 10.6 Å². The molecular weight excluding hydrogens is 250 g/mol. The van der Waals surface area contributed by atoms with Crippen molar-refractivity contribution in [2.24, 2.45) is 7.05 Å². The van der Waals surface area contributed by atoms with Crippen LogP contribution in [0.3, 0.4) is 0 Å². The number of aryl methyl sites for hydroxylation is 1. The molecule has 0 aliphatic rings. The SMILES string of the molecule is CSc1ccc(NCC(O)c2cnn(C)c2)nn1. The number of hydrogen-bond donors (Lipinski definition) is 2. The minimum Gasteiger partial charge on any atom is -0.386 e. The Balaban J connectivity index is 1.90. The molecule has 0 aliphatic carbocycles. The summed E-state index contributed by atoms with van der Waals surface area (Å²) in [4.78, 5) is 0. The Morgan fingerprint density at radius 1 is 1.44 bits per heavy atom. The van der Waals surface area contributed by atoms with Crippen molar-refractivity contribution in [1.29, 1.82) is 0 Å². The van der Waals surface area contributed by atoms with E-state index >= 15 is 0 Å². The fourth-order valence-corrected chi connectivity index (χ4v) is 1.78. The monoisotopic (exact) mass is 265 g/mol. The summed E-state index contributed by atoms with van der Waals surface area (Å²) in [7, 11) is 1.82. The molecule has 7 heteroatoms. The molecule has 1 unspecified atom stereocenters. The minimum absolute atomic E-state index is 0.374. The number of aromatic nitrogens is 4. The Hall–Kier alpha value is -1.60. The molecule has 96 valence electrons. The van der Waals surface area contributed by atoms with Crippen molar-refractivity contribution in [1.82, 2.24) is 20.0 Å². The molecule has 0 radical (unpaired) electrons. The zero-order valence-electron chi connectivity index (χ0n) is 10.2. The topological polar surface area (TPSA) is 75.9 Å². The molecule has 0 amide bonds. The molecular formula is C11H15N5OS. The highest BCUT2D eigenvalue weighted by atomic mass is 32.2. The normalized spacial score (nSPS) is 12.4. The third-order valence-electron chi connectivity index (χ3n) is 2.44. The molecule has 2 aromatic rings. The summed E-state index contributed by atoms with van der Waals surface area (Å²) >= 11 is 1.54. The second-order valence-electron chi connectivity index (χ2n) is 3.80. The largest absolute Gasteiger partial charge is 0.386 e. The van der Waals surface area contributed by atoms with Crippen LogP contribution in [0.2, 0.25) is 0 Å². The van der Waals surface area contributed by atoms with Crippen LogP contribution in [-0.2, 0) is 7.05 Å². The summed E-state index contributed by atoms with van der Waals surface area (Å²) in [5.74, 6) is 0.649. The van der Waals surface area contributed by atoms with Crippen molar-refractivity contribution >= 4 is 17.6 Å². The maximum Gasteiger partial charge on any atom is 0.148 e. The van der Waals surface area contributed by atoms with Crippen LogP contribution >= 0.6 is 11.8 Å². The zero-order chi connectivity index (χ0) is 13.0. The van der Waals surface area contributed by atoms with Crippen LogP contribution in [0.25, 0.3) is 0 Å². The highest BCUT2D eigenvalue weighted by Crippen LogP contribution is 2.14. The molecule has 0 bridgehead atoms. The van der Waals surface area contributed by atoms with Crippen molar-refractivity contribution in [2.75, 3.05) is 18.1 Å². The lowest BCUT2D eigenvalue weighted by molar-refractivity contribution is 0.191. The van der Waals surface area contributed by atoms with Gasteiger partial charge in [0.25, 0.3) is 0 Å².